The predicted octanol–water partition coefficient (Wildman–Crippen LogP) is 3.17. The van der Waals surface area contributed by atoms with Crippen molar-refractivity contribution in [3.8, 4) is 0 Å². The van der Waals surface area contributed by atoms with Crippen molar-refractivity contribution in [1.82, 2.24) is 10.3 Å². The van der Waals surface area contributed by atoms with Crippen LogP contribution >= 0.6 is 0 Å². The van der Waals surface area contributed by atoms with Crippen molar-refractivity contribution in [3.05, 3.63) is 42.1 Å². The van der Waals surface area contributed by atoms with Crippen LogP contribution in [0.1, 0.15) is 24.8 Å². The summed E-state index contributed by atoms with van der Waals surface area (Å²) in [5, 5.41) is 4.75. The van der Waals surface area contributed by atoms with Gasteiger partial charge in [0.05, 0.1) is 5.52 Å². The van der Waals surface area contributed by atoms with Crippen LogP contribution in [0.4, 0.5) is 0 Å². The van der Waals surface area contributed by atoms with Crippen LogP contribution in [0.5, 0.6) is 0 Å². The summed E-state index contributed by atoms with van der Waals surface area (Å²) < 4.78 is 0. The van der Waals surface area contributed by atoms with Crippen molar-refractivity contribution in [1.29, 1.82) is 0 Å². The van der Waals surface area contributed by atoms with Crippen molar-refractivity contribution in [2.24, 2.45) is 5.92 Å². The molecule has 1 N–H and O–H groups in total. The van der Waals surface area contributed by atoms with E-state index in [4.69, 9.17) is 0 Å². The molecule has 0 saturated carbocycles. The van der Waals surface area contributed by atoms with E-state index in [1.807, 2.05) is 12.3 Å². The molecule has 2 heterocycles. The smallest absolute Gasteiger partial charge is 0.0702 e. The van der Waals surface area contributed by atoms with Gasteiger partial charge in [0.1, 0.15) is 0 Å². The molecule has 0 aliphatic carbocycles. The van der Waals surface area contributed by atoms with Crippen LogP contribution in [0.2, 0.25) is 0 Å². The number of nitrogens with zero attached hydrogens (tertiary/aromatic N) is 1. The van der Waals surface area contributed by atoms with Crippen molar-refractivity contribution in [2.45, 2.75) is 25.7 Å². The van der Waals surface area contributed by atoms with Gasteiger partial charge in [0.25, 0.3) is 0 Å². The van der Waals surface area contributed by atoms with Gasteiger partial charge in [-0.05, 0) is 68.5 Å². The van der Waals surface area contributed by atoms with Crippen LogP contribution in [-0.4, -0.2) is 18.1 Å². The fraction of sp³-hybridized carbons (Fsp3) is 0.438. The number of nitrogens with one attached hydrogen (secondary N) is 1. The zero-order valence-corrected chi connectivity index (χ0v) is 10.7. The highest BCUT2D eigenvalue weighted by Gasteiger charge is 2.12. The Bertz CT molecular complexity index is 513. The second-order valence-corrected chi connectivity index (χ2v) is 5.28. The SMILES string of the molecule is c1cnc2ccc(CC3CCCNCC3)cc2c1. The molecule has 18 heavy (non-hydrogen) atoms. The first-order chi connectivity index (χ1) is 8.92. The Labute approximate surface area is 108 Å². The van der Waals surface area contributed by atoms with Crippen LogP contribution in [0.3, 0.4) is 0 Å². The van der Waals surface area contributed by atoms with Gasteiger partial charge in [0.15, 0.2) is 0 Å². The maximum atomic E-state index is 4.37. The number of rotatable bonds is 2. The molecule has 0 bridgehead atoms. The van der Waals surface area contributed by atoms with Gasteiger partial charge < -0.3 is 5.32 Å². The maximum Gasteiger partial charge on any atom is 0.0702 e. The van der Waals surface area contributed by atoms with Gasteiger partial charge in [-0.1, -0.05) is 12.1 Å². The summed E-state index contributed by atoms with van der Waals surface area (Å²) in [6, 6.07) is 10.9. The van der Waals surface area contributed by atoms with Gasteiger partial charge in [-0.15, -0.1) is 0 Å². The molecule has 1 aliphatic heterocycles. The van der Waals surface area contributed by atoms with Gasteiger partial charge in [0, 0.05) is 11.6 Å². The van der Waals surface area contributed by atoms with E-state index in [0.29, 0.717) is 0 Å². The van der Waals surface area contributed by atoms with E-state index >= 15 is 0 Å². The van der Waals surface area contributed by atoms with Crippen molar-refractivity contribution < 1.29 is 0 Å². The van der Waals surface area contributed by atoms with E-state index in [1.165, 1.54) is 49.7 Å². The number of aromatic nitrogens is 1. The molecular weight excluding hydrogens is 220 g/mol. The van der Waals surface area contributed by atoms with E-state index in [2.05, 4.69) is 34.6 Å². The summed E-state index contributed by atoms with van der Waals surface area (Å²) in [5.74, 6) is 0.842. The monoisotopic (exact) mass is 240 g/mol. The molecule has 3 rings (SSSR count). The zero-order valence-electron chi connectivity index (χ0n) is 10.7. The van der Waals surface area contributed by atoms with Gasteiger partial charge in [-0.3, -0.25) is 4.98 Å². The minimum Gasteiger partial charge on any atom is -0.317 e. The molecule has 1 fully saturated rings. The van der Waals surface area contributed by atoms with E-state index in [0.717, 1.165) is 11.4 Å². The Morgan fingerprint density at radius 1 is 1.17 bits per heavy atom. The summed E-state index contributed by atoms with van der Waals surface area (Å²) in [4.78, 5) is 4.37. The zero-order chi connectivity index (χ0) is 12.2. The van der Waals surface area contributed by atoms with Crippen LogP contribution in [0.25, 0.3) is 10.9 Å². The van der Waals surface area contributed by atoms with Gasteiger partial charge >= 0.3 is 0 Å². The van der Waals surface area contributed by atoms with E-state index < -0.39 is 0 Å². The van der Waals surface area contributed by atoms with Gasteiger partial charge in [0.2, 0.25) is 0 Å². The third kappa shape index (κ3) is 2.70. The molecule has 2 heteroatoms. The van der Waals surface area contributed by atoms with Gasteiger partial charge in [-0.2, -0.15) is 0 Å². The summed E-state index contributed by atoms with van der Waals surface area (Å²) >= 11 is 0. The lowest BCUT2D eigenvalue weighted by Crippen LogP contribution is -2.14. The van der Waals surface area contributed by atoms with Crippen LogP contribution in [0.15, 0.2) is 36.5 Å². The molecule has 1 saturated heterocycles. The minimum atomic E-state index is 0.842. The van der Waals surface area contributed by atoms with Crippen LogP contribution in [-0.2, 0) is 6.42 Å². The lowest BCUT2D eigenvalue weighted by atomic mass is 9.92. The highest BCUT2D eigenvalue weighted by atomic mass is 14.8. The average molecular weight is 240 g/mol. The lowest BCUT2D eigenvalue weighted by molar-refractivity contribution is 0.470. The van der Waals surface area contributed by atoms with Crippen molar-refractivity contribution >= 4 is 10.9 Å². The Kier molecular flexibility index (Phi) is 3.56. The largest absolute Gasteiger partial charge is 0.317 e. The summed E-state index contributed by atoms with van der Waals surface area (Å²) in [7, 11) is 0. The van der Waals surface area contributed by atoms with Gasteiger partial charge in [-0.25, -0.2) is 0 Å². The quantitative estimate of drug-likeness (QED) is 0.872. The molecular formula is C16H20N2. The van der Waals surface area contributed by atoms with E-state index in [-0.39, 0.29) is 0 Å². The molecule has 94 valence electrons. The number of benzene rings is 1. The molecule has 2 aromatic rings. The Morgan fingerprint density at radius 3 is 3.17 bits per heavy atom. The van der Waals surface area contributed by atoms with Crippen LogP contribution < -0.4 is 5.32 Å². The first-order valence-corrected chi connectivity index (χ1v) is 6.96. The number of fused-ring (bicyclic) bond motifs is 1. The van der Waals surface area contributed by atoms with E-state index in [9.17, 15) is 0 Å². The topological polar surface area (TPSA) is 24.9 Å². The number of hydrogen-bond acceptors (Lipinski definition) is 2. The second kappa shape index (κ2) is 5.49. The molecule has 1 unspecified atom stereocenters. The van der Waals surface area contributed by atoms with E-state index in [1.54, 1.807) is 0 Å². The summed E-state index contributed by atoms with van der Waals surface area (Å²) in [5.41, 5.74) is 2.56. The van der Waals surface area contributed by atoms with Crippen LogP contribution in [0, 0.1) is 5.92 Å². The Morgan fingerprint density at radius 2 is 2.17 bits per heavy atom. The molecule has 0 radical (unpaired) electrons. The first-order valence-electron chi connectivity index (χ1n) is 6.96. The minimum absolute atomic E-state index is 0.842. The molecule has 1 aliphatic rings. The maximum absolute atomic E-state index is 4.37. The summed E-state index contributed by atoms with van der Waals surface area (Å²) in [6.45, 7) is 2.37. The third-order valence-electron chi connectivity index (χ3n) is 3.89. The molecule has 0 amide bonds. The fourth-order valence-corrected chi connectivity index (χ4v) is 2.88. The Hall–Kier alpha value is -1.41. The molecule has 1 aromatic heterocycles. The third-order valence-corrected chi connectivity index (χ3v) is 3.89. The first kappa shape index (κ1) is 11.7. The number of pyridine rings is 1. The molecule has 0 spiro atoms. The van der Waals surface area contributed by atoms with Crippen molar-refractivity contribution in [3.63, 3.8) is 0 Å². The highest BCUT2D eigenvalue weighted by molar-refractivity contribution is 5.78. The standard InChI is InChI=1S/C16H20N2/c1-3-13(7-10-17-8-1)11-14-5-6-16-15(12-14)4-2-9-18-16/h2,4-6,9,12-13,17H,1,3,7-8,10-11H2. The second-order valence-electron chi connectivity index (χ2n) is 5.28. The molecule has 2 nitrogen and oxygen atoms in total. The van der Waals surface area contributed by atoms with Crippen molar-refractivity contribution in [2.75, 3.05) is 13.1 Å². The molecule has 1 atom stereocenters. The fourth-order valence-electron chi connectivity index (χ4n) is 2.88. The normalized spacial score (nSPS) is 20.8. The summed E-state index contributed by atoms with van der Waals surface area (Å²) in [6.07, 6.45) is 7.06. The highest BCUT2D eigenvalue weighted by Crippen LogP contribution is 2.21. The number of hydrogen-bond donors (Lipinski definition) is 1. The average Bonchev–Trinajstić information content (AvgIpc) is 2.67. The Balaban J connectivity index is 1.77. The molecule has 1 aromatic carbocycles. The predicted molar refractivity (Wildman–Crippen MR) is 75.7 cm³/mol. The lowest BCUT2D eigenvalue weighted by Gasteiger charge is -2.13.